The number of fused-ring (bicyclic) bond motifs is 1. The molecule has 3 rings (SSSR count). The Morgan fingerprint density at radius 1 is 1.38 bits per heavy atom. The molecule has 2 unspecified atom stereocenters. The van der Waals surface area contributed by atoms with Gasteiger partial charge in [0.15, 0.2) is 5.78 Å². The van der Waals surface area contributed by atoms with Crippen LogP contribution in [0, 0.1) is 17.8 Å². The number of hydrogen-bond donors (Lipinski definition) is 0. The zero-order chi connectivity index (χ0) is 8.84. The van der Waals surface area contributed by atoms with E-state index in [2.05, 4.69) is 4.37 Å². The molecule has 2 aliphatic carbocycles. The zero-order valence-corrected chi connectivity index (χ0v) is 8.09. The summed E-state index contributed by atoms with van der Waals surface area (Å²) in [6.45, 7) is 0. The Bertz CT molecular complexity index is 323. The molecule has 0 N–H and O–H groups in total. The van der Waals surface area contributed by atoms with Gasteiger partial charge in [-0.1, -0.05) is 0 Å². The molecule has 0 aliphatic heterocycles. The third kappa shape index (κ3) is 1.22. The average Bonchev–Trinajstić information content (AvgIpc) is 2.63. The third-order valence-electron chi connectivity index (χ3n) is 3.30. The standard InChI is InChI=1S/C10H11NOS/c12-10(9-1-2-11-13-9)8-4-6-3-7(6)5-8/h1-2,6-8H,3-5H2. The lowest BCUT2D eigenvalue weighted by atomic mass is 9.97. The van der Waals surface area contributed by atoms with Gasteiger partial charge in [-0.05, 0) is 48.7 Å². The van der Waals surface area contributed by atoms with E-state index in [0.717, 1.165) is 29.6 Å². The highest BCUT2D eigenvalue weighted by Gasteiger charge is 2.48. The molecule has 3 heteroatoms. The fourth-order valence-electron chi connectivity index (χ4n) is 2.47. The molecule has 2 atom stereocenters. The number of carbonyl (C=O) groups excluding carboxylic acids is 1. The van der Waals surface area contributed by atoms with Crippen LogP contribution in [0.1, 0.15) is 28.9 Å². The molecule has 1 aromatic rings. The molecule has 0 spiro atoms. The van der Waals surface area contributed by atoms with Crippen molar-refractivity contribution >= 4 is 17.3 Å². The van der Waals surface area contributed by atoms with Crippen LogP contribution in [0.3, 0.4) is 0 Å². The van der Waals surface area contributed by atoms with Crippen molar-refractivity contribution in [2.45, 2.75) is 19.3 Å². The van der Waals surface area contributed by atoms with Gasteiger partial charge in [0.2, 0.25) is 0 Å². The van der Waals surface area contributed by atoms with Crippen LogP contribution in [-0.2, 0) is 0 Å². The van der Waals surface area contributed by atoms with Gasteiger partial charge in [-0.25, -0.2) is 4.37 Å². The maximum atomic E-state index is 11.8. The fourth-order valence-corrected chi connectivity index (χ4v) is 3.09. The Morgan fingerprint density at radius 3 is 2.77 bits per heavy atom. The smallest absolute Gasteiger partial charge is 0.177 e. The molecule has 0 aromatic carbocycles. The van der Waals surface area contributed by atoms with Crippen molar-refractivity contribution in [1.82, 2.24) is 4.37 Å². The Balaban J connectivity index is 1.75. The second kappa shape index (κ2) is 2.64. The number of ketones is 1. The van der Waals surface area contributed by atoms with Crippen LogP contribution in [0.5, 0.6) is 0 Å². The molecule has 2 saturated carbocycles. The van der Waals surface area contributed by atoms with E-state index in [1.54, 1.807) is 6.20 Å². The molecule has 1 aromatic heterocycles. The molecule has 2 nitrogen and oxygen atoms in total. The number of carbonyl (C=O) groups is 1. The first-order chi connectivity index (χ1) is 6.34. The van der Waals surface area contributed by atoms with Gasteiger partial charge < -0.3 is 0 Å². The normalized spacial score (nSPS) is 35.8. The Labute approximate surface area is 81.1 Å². The van der Waals surface area contributed by atoms with Crippen molar-refractivity contribution < 1.29 is 4.79 Å². The lowest BCUT2D eigenvalue weighted by Gasteiger charge is -2.07. The largest absolute Gasteiger partial charge is 0.293 e. The Morgan fingerprint density at radius 2 is 2.15 bits per heavy atom. The van der Waals surface area contributed by atoms with Gasteiger partial charge in [0, 0.05) is 12.1 Å². The van der Waals surface area contributed by atoms with E-state index in [-0.39, 0.29) is 0 Å². The van der Waals surface area contributed by atoms with Crippen molar-refractivity contribution in [2.75, 3.05) is 0 Å². The van der Waals surface area contributed by atoms with E-state index in [9.17, 15) is 4.79 Å². The first kappa shape index (κ1) is 7.68. The molecule has 1 heterocycles. The quantitative estimate of drug-likeness (QED) is 0.675. The molecular formula is C10H11NOS. The number of hydrogen-bond acceptors (Lipinski definition) is 3. The zero-order valence-electron chi connectivity index (χ0n) is 7.27. The topological polar surface area (TPSA) is 30.0 Å². The van der Waals surface area contributed by atoms with Crippen molar-refractivity contribution in [2.24, 2.45) is 17.8 Å². The van der Waals surface area contributed by atoms with Crippen LogP contribution in [0.2, 0.25) is 0 Å². The van der Waals surface area contributed by atoms with E-state index in [0.29, 0.717) is 11.7 Å². The van der Waals surface area contributed by atoms with Crippen LogP contribution in [0.15, 0.2) is 12.3 Å². The minimum absolute atomic E-state index is 0.323. The van der Waals surface area contributed by atoms with Gasteiger partial charge in [0.05, 0.1) is 4.88 Å². The summed E-state index contributed by atoms with van der Waals surface area (Å²) >= 11 is 1.33. The SMILES string of the molecule is O=C(c1ccns1)C1CC2CC2C1. The minimum atomic E-state index is 0.323. The summed E-state index contributed by atoms with van der Waals surface area (Å²) in [6.07, 6.45) is 5.38. The maximum absolute atomic E-state index is 11.8. The Hall–Kier alpha value is -0.700. The van der Waals surface area contributed by atoms with Crippen LogP contribution < -0.4 is 0 Å². The van der Waals surface area contributed by atoms with E-state index >= 15 is 0 Å². The predicted octanol–water partition coefficient (Wildman–Crippen LogP) is 2.37. The monoisotopic (exact) mass is 193 g/mol. The molecule has 0 bridgehead atoms. The molecule has 0 saturated heterocycles. The van der Waals surface area contributed by atoms with Gasteiger partial charge in [-0.15, -0.1) is 0 Å². The van der Waals surface area contributed by atoms with Crippen LogP contribution in [0.4, 0.5) is 0 Å². The van der Waals surface area contributed by atoms with Crippen molar-refractivity contribution in [3.8, 4) is 0 Å². The molecule has 0 radical (unpaired) electrons. The highest BCUT2D eigenvalue weighted by molar-refractivity contribution is 7.08. The lowest BCUT2D eigenvalue weighted by molar-refractivity contribution is 0.0918. The fraction of sp³-hybridized carbons (Fsp3) is 0.600. The van der Waals surface area contributed by atoms with Gasteiger partial charge in [0.1, 0.15) is 0 Å². The van der Waals surface area contributed by atoms with Gasteiger partial charge in [-0.2, -0.15) is 0 Å². The summed E-state index contributed by atoms with van der Waals surface area (Å²) in [5.74, 6) is 2.45. The van der Waals surface area contributed by atoms with Crippen molar-refractivity contribution in [1.29, 1.82) is 0 Å². The van der Waals surface area contributed by atoms with E-state index in [1.807, 2.05) is 6.07 Å². The van der Waals surface area contributed by atoms with Crippen molar-refractivity contribution in [3.63, 3.8) is 0 Å². The molecule has 2 fully saturated rings. The van der Waals surface area contributed by atoms with E-state index in [4.69, 9.17) is 0 Å². The summed E-state index contributed by atoms with van der Waals surface area (Å²) in [5.41, 5.74) is 0. The minimum Gasteiger partial charge on any atom is -0.293 e. The first-order valence-corrected chi connectivity index (χ1v) is 5.57. The number of rotatable bonds is 2. The number of Topliss-reactive ketones (excluding diaryl/α,β-unsaturated/α-hetero) is 1. The predicted molar refractivity (Wildman–Crippen MR) is 50.8 cm³/mol. The summed E-state index contributed by atoms with van der Waals surface area (Å²) in [7, 11) is 0. The average molecular weight is 193 g/mol. The van der Waals surface area contributed by atoms with Crippen LogP contribution >= 0.6 is 11.5 Å². The van der Waals surface area contributed by atoms with Crippen molar-refractivity contribution in [3.05, 3.63) is 17.1 Å². The highest BCUT2D eigenvalue weighted by Crippen LogP contribution is 2.54. The maximum Gasteiger partial charge on any atom is 0.177 e. The first-order valence-electron chi connectivity index (χ1n) is 4.79. The number of aromatic nitrogens is 1. The van der Waals surface area contributed by atoms with Crippen LogP contribution in [0.25, 0.3) is 0 Å². The second-order valence-electron chi connectivity index (χ2n) is 4.17. The summed E-state index contributed by atoms with van der Waals surface area (Å²) in [5, 5.41) is 0. The second-order valence-corrected chi connectivity index (χ2v) is 5.00. The summed E-state index contributed by atoms with van der Waals surface area (Å²) in [4.78, 5) is 12.7. The van der Waals surface area contributed by atoms with Gasteiger partial charge >= 0.3 is 0 Å². The summed E-state index contributed by atoms with van der Waals surface area (Å²) < 4.78 is 3.97. The van der Waals surface area contributed by atoms with Gasteiger partial charge in [-0.3, -0.25) is 4.79 Å². The van der Waals surface area contributed by atoms with E-state index in [1.165, 1.54) is 18.0 Å². The molecule has 2 aliphatic rings. The molecule has 0 amide bonds. The third-order valence-corrected chi connectivity index (χ3v) is 4.06. The molecule has 68 valence electrons. The number of nitrogens with zero attached hydrogens (tertiary/aromatic N) is 1. The highest BCUT2D eigenvalue weighted by atomic mass is 32.1. The summed E-state index contributed by atoms with van der Waals surface area (Å²) in [6, 6.07) is 1.84. The lowest BCUT2D eigenvalue weighted by Crippen LogP contribution is -2.11. The molecular weight excluding hydrogens is 182 g/mol. The van der Waals surface area contributed by atoms with E-state index < -0.39 is 0 Å². The van der Waals surface area contributed by atoms with Gasteiger partial charge in [0.25, 0.3) is 0 Å². The Kier molecular flexibility index (Phi) is 1.56. The van der Waals surface area contributed by atoms with Crippen LogP contribution in [-0.4, -0.2) is 10.2 Å². The molecule has 13 heavy (non-hydrogen) atoms.